The van der Waals surface area contributed by atoms with Crippen molar-refractivity contribution in [3.63, 3.8) is 0 Å². The minimum Gasteiger partial charge on any atom is -0.396 e. The lowest BCUT2D eigenvalue weighted by molar-refractivity contribution is 0.431. The molecular formula is C14H13FN2O2S. The second-order valence-electron chi connectivity index (χ2n) is 4.73. The first-order valence-electron chi connectivity index (χ1n) is 6.10. The highest BCUT2D eigenvalue weighted by atomic mass is 32.2. The summed E-state index contributed by atoms with van der Waals surface area (Å²) in [5, 5.41) is 0. The Bertz CT molecular complexity index is 749. The Balaban J connectivity index is 1.96. The molecule has 0 unspecified atom stereocenters. The normalized spacial score (nSPS) is 15.2. The molecule has 0 spiro atoms. The van der Waals surface area contributed by atoms with Crippen LogP contribution >= 0.6 is 0 Å². The molecule has 2 aromatic carbocycles. The number of halogens is 1. The van der Waals surface area contributed by atoms with Crippen molar-refractivity contribution in [2.24, 2.45) is 0 Å². The minimum absolute atomic E-state index is 0.0614. The zero-order valence-electron chi connectivity index (χ0n) is 10.6. The molecule has 0 saturated carbocycles. The van der Waals surface area contributed by atoms with Crippen molar-refractivity contribution < 1.29 is 12.8 Å². The predicted octanol–water partition coefficient (Wildman–Crippen LogP) is 2.11. The van der Waals surface area contributed by atoms with Gasteiger partial charge in [0.25, 0.3) is 0 Å². The fourth-order valence-electron chi connectivity index (χ4n) is 2.29. The maximum Gasteiger partial charge on any atom is 0.243 e. The fraction of sp³-hybridized carbons (Fsp3) is 0.143. The van der Waals surface area contributed by atoms with Gasteiger partial charge in [-0.3, -0.25) is 0 Å². The zero-order valence-corrected chi connectivity index (χ0v) is 11.4. The third-order valence-electron chi connectivity index (χ3n) is 3.42. The molecule has 3 rings (SSSR count). The molecule has 0 fully saturated rings. The number of rotatable bonds is 2. The van der Waals surface area contributed by atoms with Gasteiger partial charge in [-0.2, -0.15) is 4.31 Å². The van der Waals surface area contributed by atoms with Crippen LogP contribution in [0.4, 0.5) is 10.1 Å². The van der Waals surface area contributed by atoms with E-state index in [4.69, 9.17) is 5.73 Å². The number of hydrogen-bond donors (Lipinski definition) is 1. The van der Waals surface area contributed by atoms with Crippen LogP contribution < -0.4 is 5.73 Å². The molecule has 4 nitrogen and oxygen atoms in total. The molecule has 0 saturated heterocycles. The van der Waals surface area contributed by atoms with Gasteiger partial charge in [0.05, 0.1) is 10.6 Å². The van der Waals surface area contributed by atoms with Gasteiger partial charge in [0.1, 0.15) is 5.82 Å². The number of nitrogens with two attached hydrogens (primary N) is 1. The quantitative estimate of drug-likeness (QED) is 0.862. The number of hydrogen-bond acceptors (Lipinski definition) is 3. The Morgan fingerprint density at radius 3 is 2.20 bits per heavy atom. The highest BCUT2D eigenvalue weighted by Gasteiger charge is 2.30. The average molecular weight is 292 g/mol. The molecule has 6 heteroatoms. The lowest BCUT2D eigenvalue weighted by Gasteiger charge is -2.15. The van der Waals surface area contributed by atoms with E-state index in [1.165, 1.54) is 16.4 Å². The highest BCUT2D eigenvalue weighted by molar-refractivity contribution is 7.89. The highest BCUT2D eigenvalue weighted by Crippen LogP contribution is 2.29. The monoisotopic (exact) mass is 292 g/mol. The molecule has 0 radical (unpaired) electrons. The molecule has 0 bridgehead atoms. The molecule has 2 aromatic rings. The van der Waals surface area contributed by atoms with E-state index >= 15 is 0 Å². The van der Waals surface area contributed by atoms with Gasteiger partial charge in [0, 0.05) is 13.1 Å². The van der Waals surface area contributed by atoms with Gasteiger partial charge in [-0.25, -0.2) is 12.8 Å². The Labute approximate surface area is 116 Å². The van der Waals surface area contributed by atoms with Crippen LogP contribution in [-0.4, -0.2) is 12.7 Å². The summed E-state index contributed by atoms with van der Waals surface area (Å²) in [6.07, 6.45) is 0. The van der Waals surface area contributed by atoms with E-state index in [2.05, 4.69) is 0 Å². The SMILES string of the molecule is Nc1ccc(S(=O)(=O)N2Cc3ccccc3C2)cc1F. The van der Waals surface area contributed by atoms with Crippen molar-refractivity contribution in [3.8, 4) is 0 Å². The summed E-state index contributed by atoms with van der Waals surface area (Å²) >= 11 is 0. The summed E-state index contributed by atoms with van der Waals surface area (Å²) in [7, 11) is -3.71. The fourth-order valence-corrected chi connectivity index (χ4v) is 3.70. The summed E-state index contributed by atoms with van der Waals surface area (Å²) in [5.74, 6) is -0.720. The number of nitrogens with zero attached hydrogens (tertiary/aromatic N) is 1. The summed E-state index contributed by atoms with van der Waals surface area (Å²) in [5.41, 5.74) is 7.27. The van der Waals surface area contributed by atoms with Gasteiger partial charge in [0.15, 0.2) is 0 Å². The first-order chi connectivity index (χ1) is 9.48. The standard InChI is InChI=1S/C14H13FN2O2S/c15-13-7-12(5-6-14(13)16)20(18,19)17-8-10-3-1-2-4-11(10)9-17/h1-7H,8-9,16H2. The third-order valence-corrected chi connectivity index (χ3v) is 5.21. The molecule has 0 amide bonds. The van der Waals surface area contributed by atoms with Crippen molar-refractivity contribution in [2.45, 2.75) is 18.0 Å². The second-order valence-corrected chi connectivity index (χ2v) is 6.66. The van der Waals surface area contributed by atoms with Gasteiger partial charge in [-0.05, 0) is 29.3 Å². The summed E-state index contributed by atoms with van der Waals surface area (Å²) in [6.45, 7) is 0.620. The first kappa shape index (κ1) is 13.1. The van der Waals surface area contributed by atoms with E-state index < -0.39 is 15.8 Å². The molecule has 1 aliphatic rings. The van der Waals surface area contributed by atoms with E-state index in [0.717, 1.165) is 17.2 Å². The van der Waals surface area contributed by atoms with E-state index in [9.17, 15) is 12.8 Å². The number of nitrogen functional groups attached to an aromatic ring is 1. The molecular weight excluding hydrogens is 279 g/mol. The van der Waals surface area contributed by atoms with Gasteiger partial charge in [-0.15, -0.1) is 0 Å². The predicted molar refractivity (Wildman–Crippen MR) is 73.7 cm³/mol. The molecule has 0 aliphatic carbocycles. The van der Waals surface area contributed by atoms with Crippen LogP contribution in [-0.2, 0) is 23.1 Å². The van der Waals surface area contributed by atoms with E-state index in [0.29, 0.717) is 13.1 Å². The van der Waals surface area contributed by atoms with Gasteiger partial charge >= 0.3 is 0 Å². The van der Waals surface area contributed by atoms with Gasteiger partial charge in [0.2, 0.25) is 10.0 Å². The Kier molecular flexibility index (Phi) is 2.99. The lowest BCUT2D eigenvalue weighted by Crippen LogP contribution is -2.25. The molecule has 0 aromatic heterocycles. The van der Waals surface area contributed by atoms with Gasteiger partial charge < -0.3 is 5.73 Å². The van der Waals surface area contributed by atoms with Gasteiger partial charge in [-0.1, -0.05) is 24.3 Å². The molecule has 1 aliphatic heterocycles. The summed E-state index contributed by atoms with van der Waals surface area (Å²) in [6, 6.07) is 11.1. The van der Waals surface area contributed by atoms with Crippen molar-refractivity contribution in [1.82, 2.24) is 4.31 Å². The molecule has 1 heterocycles. The Hall–Kier alpha value is -1.92. The Morgan fingerprint density at radius 2 is 1.65 bits per heavy atom. The van der Waals surface area contributed by atoms with E-state index in [-0.39, 0.29) is 10.6 Å². The van der Waals surface area contributed by atoms with Crippen LogP contribution in [0.5, 0.6) is 0 Å². The van der Waals surface area contributed by atoms with Crippen molar-refractivity contribution >= 4 is 15.7 Å². The molecule has 104 valence electrons. The summed E-state index contributed by atoms with van der Waals surface area (Å²) in [4.78, 5) is -0.0722. The maximum atomic E-state index is 13.5. The van der Waals surface area contributed by atoms with E-state index in [1.54, 1.807) is 0 Å². The largest absolute Gasteiger partial charge is 0.396 e. The molecule has 2 N–H and O–H groups in total. The van der Waals surface area contributed by atoms with Crippen LogP contribution in [0.25, 0.3) is 0 Å². The van der Waals surface area contributed by atoms with Crippen molar-refractivity contribution in [1.29, 1.82) is 0 Å². The molecule has 20 heavy (non-hydrogen) atoms. The van der Waals surface area contributed by atoms with Crippen LogP contribution in [0.3, 0.4) is 0 Å². The van der Waals surface area contributed by atoms with Crippen molar-refractivity contribution in [2.75, 3.05) is 5.73 Å². The van der Waals surface area contributed by atoms with E-state index in [1.807, 2.05) is 24.3 Å². The smallest absolute Gasteiger partial charge is 0.243 e. The molecule has 0 atom stereocenters. The third kappa shape index (κ3) is 2.07. The number of anilines is 1. The Morgan fingerprint density at radius 1 is 1.05 bits per heavy atom. The minimum atomic E-state index is -3.71. The second kappa shape index (κ2) is 4.57. The number of sulfonamides is 1. The van der Waals surface area contributed by atoms with Crippen molar-refractivity contribution in [3.05, 3.63) is 59.4 Å². The average Bonchev–Trinajstić information content (AvgIpc) is 2.86. The lowest BCUT2D eigenvalue weighted by atomic mass is 10.1. The zero-order chi connectivity index (χ0) is 14.3. The van der Waals surface area contributed by atoms with Crippen LogP contribution in [0.15, 0.2) is 47.4 Å². The summed E-state index contributed by atoms with van der Waals surface area (Å²) < 4.78 is 39.8. The van der Waals surface area contributed by atoms with Crippen LogP contribution in [0.2, 0.25) is 0 Å². The number of benzene rings is 2. The topological polar surface area (TPSA) is 63.4 Å². The van der Waals surface area contributed by atoms with Crippen LogP contribution in [0, 0.1) is 5.82 Å². The first-order valence-corrected chi connectivity index (χ1v) is 7.54. The van der Waals surface area contributed by atoms with Crippen LogP contribution in [0.1, 0.15) is 11.1 Å². The number of fused-ring (bicyclic) bond motifs is 1. The maximum absolute atomic E-state index is 13.5.